The molecule has 0 aromatic heterocycles. The number of hydrogen-bond donors (Lipinski definition) is 3. The maximum Gasteiger partial charge on any atom is 0.327 e. The molecular formula is C13H12Cl2N2O4S. The summed E-state index contributed by atoms with van der Waals surface area (Å²) in [6.07, 6.45) is -0.0777. The highest BCUT2D eigenvalue weighted by Crippen LogP contribution is 2.27. The quantitative estimate of drug-likeness (QED) is 0.761. The molecule has 0 radical (unpaired) electrons. The zero-order chi connectivity index (χ0) is 16.3. The molecule has 2 atom stereocenters. The van der Waals surface area contributed by atoms with E-state index in [-0.39, 0.29) is 12.2 Å². The fourth-order valence-corrected chi connectivity index (χ4v) is 3.32. The number of aliphatic carboxylic acids is 1. The Morgan fingerprint density at radius 3 is 2.77 bits per heavy atom. The van der Waals surface area contributed by atoms with Gasteiger partial charge in [-0.2, -0.15) is 0 Å². The second-order valence-electron chi connectivity index (χ2n) is 4.60. The summed E-state index contributed by atoms with van der Waals surface area (Å²) >= 11 is 12.9. The van der Waals surface area contributed by atoms with Crippen LogP contribution in [-0.4, -0.2) is 39.9 Å². The Hall–Kier alpha value is -1.44. The van der Waals surface area contributed by atoms with Gasteiger partial charge in [0.15, 0.2) is 0 Å². The van der Waals surface area contributed by atoms with Crippen LogP contribution in [-0.2, 0) is 14.4 Å². The van der Waals surface area contributed by atoms with Crippen LogP contribution in [0.3, 0.4) is 0 Å². The fourth-order valence-electron chi connectivity index (χ4n) is 1.84. The lowest BCUT2D eigenvalue weighted by Gasteiger charge is -2.25. The van der Waals surface area contributed by atoms with Crippen LogP contribution in [0.4, 0.5) is 5.69 Å². The van der Waals surface area contributed by atoms with E-state index < -0.39 is 29.1 Å². The molecule has 1 saturated heterocycles. The average molecular weight is 363 g/mol. The Morgan fingerprint density at radius 2 is 2.14 bits per heavy atom. The van der Waals surface area contributed by atoms with Crippen molar-refractivity contribution in [2.24, 2.45) is 0 Å². The second kappa shape index (κ2) is 7.21. The molecule has 0 spiro atoms. The number of carbonyl (C=O) groups excluding carboxylic acids is 2. The largest absolute Gasteiger partial charge is 0.480 e. The summed E-state index contributed by atoms with van der Waals surface area (Å²) in [4.78, 5) is 34.6. The first-order valence-corrected chi connectivity index (χ1v) is 8.07. The smallest absolute Gasteiger partial charge is 0.327 e. The summed E-state index contributed by atoms with van der Waals surface area (Å²) in [7, 11) is 0. The minimum Gasteiger partial charge on any atom is -0.480 e. The van der Waals surface area contributed by atoms with Gasteiger partial charge in [-0.3, -0.25) is 9.59 Å². The molecule has 2 rings (SSSR count). The molecule has 1 aliphatic rings. The molecule has 1 heterocycles. The van der Waals surface area contributed by atoms with Crippen molar-refractivity contribution in [2.45, 2.75) is 17.7 Å². The minimum atomic E-state index is -1.09. The highest BCUT2D eigenvalue weighted by Gasteiger charge is 2.33. The van der Waals surface area contributed by atoms with Gasteiger partial charge in [0, 0.05) is 17.2 Å². The van der Waals surface area contributed by atoms with Gasteiger partial charge in [0.25, 0.3) is 0 Å². The minimum absolute atomic E-state index is 0.0777. The van der Waals surface area contributed by atoms with Crippen LogP contribution in [0.25, 0.3) is 0 Å². The van der Waals surface area contributed by atoms with E-state index >= 15 is 0 Å². The first kappa shape index (κ1) is 16.9. The van der Waals surface area contributed by atoms with Crippen LogP contribution < -0.4 is 10.6 Å². The average Bonchev–Trinajstić information content (AvgIpc) is 2.45. The Bertz CT molecular complexity index is 626. The van der Waals surface area contributed by atoms with E-state index in [1.165, 1.54) is 6.07 Å². The molecule has 1 aromatic rings. The van der Waals surface area contributed by atoms with E-state index in [0.29, 0.717) is 15.7 Å². The van der Waals surface area contributed by atoms with Gasteiger partial charge in [-0.25, -0.2) is 4.79 Å². The van der Waals surface area contributed by atoms with Crippen LogP contribution in [0.1, 0.15) is 6.42 Å². The maximum atomic E-state index is 12.0. The van der Waals surface area contributed by atoms with Crippen molar-refractivity contribution in [3.8, 4) is 0 Å². The van der Waals surface area contributed by atoms with Gasteiger partial charge in [0.05, 0.1) is 16.0 Å². The summed E-state index contributed by atoms with van der Waals surface area (Å²) < 4.78 is 0. The van der Waals surface area contributed by atoms with Crippen molar-refractivity contribution in [2.75, 3.05) is 11.1 Å². The van der Waals surface area contributed by atoms with Crippen molar-refractivity contribution >= 4 is 58.4 Å². The standard InChI is InChI=1S/C13H12Cl2N2O4S/c14-6-1-2-7(15)8(3-6)16-11(18)4-10-12(19)17-9(5-22-10)13(20)21/h1-3,9-10H,4-5H2,(H,16,18)(H,17,19)(H,20,21). The molecule has 0 saturated carbocycles. The highest BCUT2D eigenvalue weighted by molar-refractivity contribution is 8.00. The van der Waals surface area contributed by atoms with Gasteiger partial charge in [0.1, 0.15) is 6.04 Å². The molecule has 1 aromatic carbocycles. The van der Waals surface area contributed by atoms with Crippen LogP contribution in [0.5, 0.6) is 0 Å². The lowest BCUT2D eigenvalue weighted by Crippen LogP contribution is -2.51. The highest BCUT2D eigenvalue weighted by atomic mass is 35.5. The number of hydrogen-bond acceptors (Lipinski definition) is 4. The molecule has 0 bridgehead atoms. The summed E-state index contributed by atoms with van der Waals surface area (Å²) in [6, 6.07) is 3.74. The zero-order valence-corrected chi connectivity index (χ0v) is 13.5. The monoisotopic (exact) mass is 362 g/mol. The van der Waals surface area contributed by atoms with Crippen molar-refractivity contribution in [1.29, 1.82) is 0 Å². The van der Waals surface area contributed by atoms with Crippen molar-refractivity contribution in [3.63, 3.8) is 0 Å². The number of carbonyl (C=O) groups is 3. The number of nitrogens with one attached hydrogen (secondary N) is 2. The fraction of sp³-hybridized carbons (Fsp3) is 0.308. The van der Waals surface area contributed by atoms with Gasteiger partial charge in [-0.05, 0) is 18.2 Å². The van der Waals surface area contributed by atoms with Gasteiger partial charge in [-0.15, -0.1) is 11.8 Å². The van der Waals surface area contributed by atoms with Crippen molar-refractivity contribution < 1.29 is 19.5 Å². The Balaban J connectivity index is 1.94. The maximum absolute atomic E-state index is 12.0. The number of halogens is 2. The normalized spacial score (nSPS) is 21.1. The predicted octanol–water partition coefficient (Wildman–Crippen LogP) is 2.01. The number of carboxylic acid groups (broad SMARTS) is 1. The molecule has 118 valence electrons. The molecule has 3 N–H and O–H groups in total. The van der Waals surface area contributed by atoms with Gasteiger partial charge >= 0.3 is 5.97 Å². The van der Waals surface area contributed by atoms with E-state index in [4.69, 9.17) is 28.3 Å². The number of anilines is 1. The third kappa shape index (κ3) is 4.28. The van der Waals surface area contributed by atoms with E-state index in [1.54, 1.807) is 12.1 Å². The summed E-state index contributed by atoms with van der Waals surface area (Å²) in [5.74, 6) is -1.73. The molecule has 9 heteroatoms. The van der Waals surface area contributed by atoms with E-state index in [0.717, 1.165) is 11.8 Å². The first-order chi connectivity index (χ1) is 10.4. The predicted molar refractivity (Wildman–Crippen MR) is 85.5 cm³/mol. The summed E-state index contributed by atoms with van der Waals surface area (Å²) in [6.45, 7) is 0. The van der Waals surface area contributed by atoms with Crippen LogP contribution in [0, 0.1) is 0 Å². The lowest BCUT2D eigenvalue weighted by molar-refractivity contribution is -0.141. The van der Waals surface area contributed by atoms with E-state index in [2.05, 4.69) is 10.6 Å². The second-order valence-corrected chi connectivity index (χ2v) is 6.68. The topological polar surface area (TPSA) is 95.5 Å². The van der Waals surface area contributed by atoms with Gasteiger partial charge in [0.2, 0.25) is 11.8 Å². The Labute approximate surface area is 140 Å². The lowest BCUT2D eigenvalue weighted by atomic mass is 10.2. The third-order valence-electron chi connectivity index (χ3n) is 2.94. The Kier molecular flexibility index (Phi) is 5.55. The summed E-state index contributed by atoms with van der Waals surface area (Å²) in [5.41, 5.74) is 0.365. The number of carboxylic acids is 1. The van der Waals surface area contributed by atoms with Gasteiger partial charge in [-0.1, -0.05) is 23.2 Å². The molecule has 22 heavy (non-hydrogen) atoms. The van der Waals surface area contributed by atoms with Crippen LogP contribution >= 0.6 is 35.0 Å². The Morgan fingerprint density at radius 1 is 1.41 bits per heavy atom. The van der Waals surface area contributed by atoms with E-state index in [9.17, 15) is 14.4 Å². The molecule has 1 aliphatic heterocycles. The zero-order valence-electron chi connectivity index (χ0n) is 11.1. The number of benzene rings is 1. The summed E-state index contributed by atoms with van der Waals surface area (Å²) in [5, 5.41) is 13.9. The number of amides is 2. The van der Waals surface area contributed by atoms with Crippen LogP contribution in [0.2, 0.25) is 10.0 Å². The van der Waals surface area contributed by atoms with E-state index in [1.807, 2.05) is 0 Å². The third-order valence-corrected chi connectivity index (χ3v) is 4.82. The molecule has 6 nitrogen and oxygen atoms in total. The SMILES string of the molecule is O=C(CC1SCC(C(=O)O)NC1=O)Nc1cc(Cl)ccc1Cl. The van der Waals surface area contributed by atoms with Crippen molar-refractivity contribution in [1.82, 2.24) is 5.32 Å². The molecule has 2 amide bonds. The molecule has 1 fully saturated rings. The molecule has 0 aliphatic carbocycles. The first-order valence-electron chi connectivity index (χ1n) is 6.26. The molecular weight excluding hydrogens is 351 g/mol. The molecule has 2 unspecified atom stereocenters. The van der Waals surface area contributed by atoms with Crippen LogP contribution in [0.15, 0.2) is 18.2 Å². The number of rotatable bonds is 4. The number of thioether (sulfide) groups is 1. The van der Waals surface area contributed by atoms with Crippen molar-refractivity contribution in [3.05, 3.63) is 28.2 Å². The van der Waals surface area contributed by atoms with Gasteiger partial charge < -0.3 is 15.7 Å².